The van der Waals surface area contributed by atoms with Crippen molar-refractivity contribution in [1.82, 2.24) is 0 Å². The van der Waals surface area contributed by atoms with E-state index in [-0.39, 0.29) is 11.5 Å². The predicted octanol–water partition coefficient (Wildman–Crippen LogP) is 1.25. The van der Waals surface area contributed by atoms with Crippen molar-refractivity contribution in [2.24, 2.45) is 21.7 Å². The number of furan rings is 1. The average molecular weight is 272 g/mol. The molecule has 1 aromatic carbocycles. The van der Waals surface area contributed by atoms with Gasteiger partial charge in [0.05, 0.1) is 11.8 Å². The maximum atomic E-state index is 11.1. The molecule has 0 fully saturated rings. The lowest BCUT2D eigenvalue weighted by Gasteiger charge is -2.01. The van der Waals surface area contributed by atoms with Gasteiger partial charge in [-0.3, -0.25) is 0 Å². The monoisotopic (exact) mass is 272 g/mol. The molecule has 0 aliphatic carbocycles. The van der Waals surface area contributed by atoms with Crippen molar-refractivity contribution in [3.8, 4) is 11.3 Å². The van der Waals surface area contributed by atoms with Crippen LogP contribution in [0.15, 0.2) is 51.0 Å². The van der Waals surface area contributed by atoms with E-state index >= 15 is 0 Å². The number of nitrogens with zero attached hydrogens (tertiary/aromatic N) is 2. The number of hydrogen-bond donors (Lipinski definition) is 3. The smallest absolute Gasteiger partial charge is 0.336 e. The van der Waals surface area contributed by atoms with Gasteiger partial charge in [0.15, 0.2) is 0 Å². The van der Waals surface area contributed by atoms with E-state index in [0.29, 0.717) is 17.1 Å². The average Bonchev–Trinajstić information content (AvgIpc) is 2.87. The molecule has 2 rings (SSSR count). The summed E-state index contributed by atoms with van der Waals surface area (Å²) in [4.78, 5) is 11.1. The van der Waals surface area contributed by atoms with Gasteiger partial charge in [0.2, 0.25) is 5.96 Å². The topological polar surface area (TPSA) is 127 Å². The van der Waals surface area contributed by atoms with Crippen LogP contribution in [0.3, 0.4) is 0 Å². The van der Waals surface area contributed by atoms with Gasteiger partial charge < -0.3 is 21.0 Å². The van der Waals surface area contributed by atoms with Gasteiger partial charge >= 0.3 is 5.97 Å². The van der Waals surface area contributed by atoms with Crippen LogP contribution in [-0.2, 0) is 0 Å². The Hall–Kier alpha value is -3.09. The van der Waals surface area contributed by atoms with Gasteiger partial charge in [0.25, 0.3) is 0 Å². The van der Waals surface area contributed by atoms with Crippen LogP contribution >= 0.6 is 0 Å². The first-order valence-corrected chi connectivity index (χ1v) is 5.62. The standard InChI is InChI=1S/C13H12N4O3/c14-13(15)17-16-7-8-5-6-11(20-8)9-3-1-2-4-10(9)12(18)19/h1-7H,(H,18,19)(H4,14,15,17)/b16-7-. The summed E-state index contributed by atoms with van der Waals surface area (Å²) in [6, 6.07) is 9.85. The third kappa shape index (κ3) is 3.02. The van der Waals surface area contributed by atoms with Crippen molar-refractivity contribution < 1.29 is 14.3 Å². The molecule has 5 N–H and O–H groups in total. The summed E-state index contributed by atoms with van der Waals surface area (Å²) in [5.74, 6) is -0.351. The lowest BCUT2D eigenvalue weighted by Crippen LogP contribution is -2.21. The maximum absolute atomic E-state index is 11.1. The number of nitrogens with two attached hydrogens (primary N) is 2. The van der Waals surface area contributed by atoms with Gasteiger partial charge in [-0.05, 0) is 18.2 Å². The van der Waals surface area contributed by atoms with E-state index in [1.807, 2.05) is 0 Å². The third-order valence-electron chi connectivity index (χ3n) is 2.41. The number of benzene rings is 1. The molecular formula is C13H12N4O3. The molecule has 0 radical (unpaired) electrons. The number of guanidine groups is 1. The molecular weight excluding hydrogens is 260 g/mol. The van der Waals surface area contributed by atoms with Crippen LogP contribution in [0.4, 0.5) is 0 Å². The van der Waals surface area contributed by atoms with Crippen LogP contribution in [0, 0.1) is 0 Å². The van der Waals surface area contributed by atoms with Crippen molar-refractivity contribution in [1.29, 1.82) is 0 Å². The molecule has 0 atom stereocenters. The van der Waals surface area contributed by atoms with Crippen LogP contribution in [0.1, 0.15) is 16.1 Å². The van der Waals surface area contributed by atoms with E-state index in [2.05, 4.69) is 10.2 Å². The molecule has 102 valence electrons. The first kappa shape index (κ1) is 13.3. The SMILES string of the molecule is NC(N)=N/N=C\c1ccc(-c2ccccc2C(=O)O)o1. The second-order valence-corrected chi connectivity index (χ2v) is 3.82. The molecule has 0 bridgehead atoms. The molecule has 1 heterocycles. The van der Waals surface area contributed by atoms with Crippen molar-refractivity contribution >= 4 is 18.1 Å². The molecule has 7 heteroatoms. The lowest BCUT2D eigenvalue weighted by molar-refractivity contribution is 0.0697. The number of aromatic carboxylic acids is 1. The van der Waals surface area contributed by atoms with E-state index in [4.69, 9.17) is 21.0 Å². The fourth-order valence-electron chi connectivity index (χ4n) is 1.60. The first-order chi connectivity index (χ1) is 9.58. The Morgan fingerprint density at radius 2 is 1.95 bits per heavy atom. The van der Waals surface area contributed by atoms with E-state index in [1.54, 1.807) is 30.3 Å². The maximum Gasteiger partial charge on any atom is 0.336 e. The summed E-state index contributed by atoms with van der Waals surface area (Å²) in [7, 11) is 0. The molecule has 0 unspecified atom stereocenters. The number of carboxylic acid groups (broad SMARTS) is 1. The van der Waals surface area contributed by atoms with Crippen molar-refractivity contribution in [2.75, 3.05) is 0 Å². The molecule has 0 saturated heterocycles. The number of rotatable bonds is 4. The summed E-state index contributed by atoms with van der Waals surface area (Å²) >= 11 is 0. The van der Waals surface area contributed by atoms with Gasteiger partial charge in [-0.1, -0.05) is 18.2 Å². The molecule has 0 saturated carbocycles. The van der Waals surface area contributed by atoms with Crippen molar-refractivity contribution in [3.05, 3.63) is 47.7 Å². The number of carbonyl (C=O) groups is 1. The van der Waals surface area contributed by atoms with E-state index in [9.17, 15) is 4.79 Å². The van der Waals surface area contributed by atoms with E-state index < -0.39 is 5.97 Å². The summed E-state index contributed by atoms with van der Waals surface area (Å²) in [6.45, 7) is 0. The van der Waals surface area contributed by atoms with Crippen LogP contribution < -0.4 is 11.5 Å². The van der Waals surface area contributed by atoms with E-state index in [0.717, 1.165) is 0 Å². The lowest BCUT2D eigenvalue weighted by atomic mass is 10.1. The Morgan fingerprint density at radius 1 is 1.20 bits per heavy atom. The minimum absolute atomic E-state index is 0.162. The highest BCUT2D eigenvalue weighted by Crippen LogP contribution is 2.25. The highest BCUT2D eigenvalue weighted by molar-refractivity contribution is 5.95. The molecule has 0 aliphatic rings. The Labute approximate surface area is 114 Å². The zero-order valence-corrected chi connectivity index (χ0v) is 10.4. The first-order valence-electron chi connectivity index (χ1n) is 5.62. The van der Waals surface area contributed by atoms with Gasteiger partial charge in [-0.25, -0.2) is 4.79 Å². The normalized spacial score (nSPS) is 10.6. The summed E-state index contributed by atoms with van der Waals surface area (Å²) < 4.78 is 5.48. The Bertz CT molecular complexity index is 684. The van der Waals surface area contributed by atoms with Crippen molar-refractivity contribution in [3.63, 3.8) is 0 Å². The highest BCUT2D eigenvalue weighted by atomic mass is 16.4. The predicted molar refractivity (Wildman–Crippen MR) is 74.5 cm³/mol. The number of hydrogen-bond acceptors (Lipinski definition) is 4. The molecule has 7 nitrogen and oxygen atoms in total. The van der Waals surface area contributed by atoms with Crippen LogP contribution in [0.5, 0.6) is 0 Å². The van der Waals surface area contributed by atoms with Crippen molar-refractivity contribution in [2.45, 2.75) is 0 Å². The van der Waals surface area contributed by atoms with Gasteiger partial charge in [0.1, 0.15) is 11.5 Å². The summed E-state index contributed by atoms with van der Waals surface area (Å²) in [5.41, 5.74) is 10.9. The minimum Gasteiger partial charge on any atom is -0.478 e. The minimum atomic E-state index is -1.02. The third-order valence-corrected chi connectivity index (χ3v) is 2.41. The van der Waals surface area contributed by atoms with Crippen LogP contribution in [0.25, 0.3) is 11.3 Å². The zero-order valence-electron chi connectivity index (χ0n) is 10.4. The molecule has 0 amide bonds. The molecule has 1 aromatic heterocycles. The van der Waals surface area contributed by atoms with Crippen LogP contribution in [0.2, 0.25) is 0 Å². The zero-order chi connectivity index (χ0) is 14.5. The fourth-order valence-corrected chi connectivity index (χ4v) is 1.60. The molecule has 0 spiro atoms. The van der Waals surface area contributed by atoms with Gasteiger partial charge in [-0.15, -0.1) is 5.10 Å². The molecule has 2 aromatic rings. The van der Waals surface area contributed by atoms with Gasteiger partial charge in [0, 0.05) is 5.56 Å². The molecule has 20 heavy (non-hydrogen) atoms. The Balaban J connectivity index is 2.32. The number of carboxylic acids is 1. The quantitative estimate of drug-likeness (QED) is 0.438. The molecule has 0 aliphatic heterocycles. The second kappa shape index (κ2) is 5.70. The Kier molecular flexibility index (Phi) is 3.80. The largest absolute Gasteiger partial charge is 0.478 e. The van der Waals surface area contributed by atoms with Crippen LogP contribution in [-0.4, -0.2) is 23.2 Å². The fraction of sp³-hybridized carbons (Fsp3) is 0. The highest BCUT2D eigenvalue weighted by Gasteiger charge is 2.13. The van der Waals surface area contributed by atoms with Gasteiger partial charge in [-0.2, -0.15) is 5.10 Å². The Morgan fingerprint density at radius 3 is 2.65 bits per heavy atom. The summed E-state index contributed by atoms with van der Waals surface area (Å²) in [6.07, 6.45) is 1.33. The summed E-state index contributed by atoms with van der Waals surface area (Å²) in [5, 5.41) is 16.2. The van der Waals surface area contributed by atoms with E-state index in [1.165, 1.54) is 12.3 Å². The second-order valence-electron chi connectivity index (χ2n) is 3.82.